The van der Waals surface area contributed by atoms with Crippen LogP contribution in [0.3, 0.4) is 0 Å². The van der Waals surface area contributed by atoms with Gasteiger partial charge in [0.05, 0.1) is 43.2 Å². The number of hydrogen-bond donors (Lipinski definition) is 4. The Bertz CT molecular complexity index is 1330. The molecule has 1 unspecified atom stereocenters. The van der Waals surface area contributed by atoms with Crippen LogP contribution in [0.1, 0.15) is 85.6 Å². The van der Waals surface area contributed by atoms with Crippen molar-refractivity contribution in [1.82, 2.24) is 20.4 Å². The molecule has 2 rings (SSSR count). The van der Waals surface area contributed by atoms with Gasteiger partial charge >= 0.3 is 13.7 Å². The fourth-order valence-electron chi connectivity index (χ4n) is 6.98. The second-order valence-electron chi connectivity index (χ2n) is 14.2. The number of ether oxygens (including phenoxy) is 2. The first-order valence-electron chi connectivity index (χ1n) is 18.5. The minimum Gasteiger partial charge on any atom is -0.465 e. The van der Waals surface area contributed by atoms with Crippen molar-refractivity contribution in [3.8, 4) is 0 Å². The first-order valence-corrected chi connectivity index (χ1v) is 20.1. The van der Waals surface area contributed by atoms with Gasteiger partial charge in [-0.15, -0.1) is 0 Å². The molecule has 1 fully saturated rings. The minimum atomic E-state index is -4.27. The van der Waals surface area contributed by atoms with Gasteiger partial charge < -0.3 is 44.4 Å². The third-order valence-electron chi connectivity index (χ3n) is 10.2. The highest BCUT2D eigenvalue weighted by Crippen LogP contribution is 2.48. The van der Waals surface area contributed by atoms with Crippen molar-refractivity contribution in [3.05, 3.63) is 35.9 Å². The van der Waals surface area contributed by atoms with Crippen LogP contribution in [0.5, 0.6) is 0 Å². The number of methoxy groups -OCH3 is 2. The maximum atomic E-state index is 14.1. The quantitative estimate of drug-likeness (QED) is 0.0940. The molecule has 9 atom stereocenters. The highest BCUT2D eigenvalue weighted by atomic mass is 31.2. The van der Waals surface area contributed by atoms with E-state index in [-0.39, 0.29) is 37.2 Å². The molecule has 296 valence electrons. The number of carbonyl (C=O) groups excluding carboxylic acids is 3. The molecule has 15 heteroatoms. The van der Waals surface area contributed by atoms with E-state index in [4.69, 9.17) is 14.0 Å². The van der Waals surface area contributed by atoms with Crippen LogP contribution in [0.2, 0.25) is 0 Å². The van der Waals surface area contributed by atoms with Crippen molar-refractivity contribution in [2.24, 2.45) is 17.8 Å². The van der Waals surface area contributed by atoms with Crippen LogP contribution in [-0.2, 0) is 39.4 Å². The number of benzene rings is 1. The van der Waals surface area contributed by atoms with Crippen LogP contribution in [0.4, 0.5) is 4.79 Å². The van der Waals surface area contributed by atoms with E-state index in [1.165, 1.54) is 19.1 Å². The molecule has 4 N–H and O–H groups in total. The summed E-state index contributed by atoms with van der Waals surface area (Å²) >= 11 is 0. The van der Waals surface area contributed by atoms with Gasteiger partial charge in [0.15, 0.2) is 0 Å². The smallest absolute Gasteiger partial charge is 0.405 e. The molecule has 0 aromatic heterocycles. The topological polar surface area (TPSA) is 184 Å². The highest BCUT2D eigenvalue weighted by molar-refractivity contribution is 7.53. The molecule has 0 radical (unpaired) electrons. The molecule has 4 amide bonds. The summed E-state index contributed by atoms with van der Waals surface area (Å²) in [6, 6.07) is 7.13. The fraction of sp³-hybridized carbons (Fsp3) is 0.730. The number of likely N-dealkylation sites (tertiary alicyclic amines) is 1. The number of likely N-dealkylation sites (N-methyl/N-ethyl adjacent to an activating group) is 1. The molecular formula is C37H63N4O10P. The monoisotopic (exact) mass is 754 g/mol. The zero-order valence-electron chi connectivity index (χ0n) is 32.4. The van der Waals surface area contributed by atoms with E-state index >= 15 is 0 Å². The van der Waals surface area contributed by atoms with Gasteiger partial charge in [-0.05, 0) is 36.7 Å². The molecule has 14 nitrogen and oxygen atoms in total. The minimum absolute atomic E-state index is 0.0582. The van der Waals surface area contributed by atoms with Crippen LogP contribution in [0, 0.1) is 17.8 Å². The molecule has 1 saturated heterocycles. The number of nitrogens with one attached hydrogen (secondary N) is 2. The zero-order valence-corrected chi connectivity index (χ0v) is 33.3. The van der Waals surface area contributed by atoms with Crippen molar-refractivity contribution >= 4 is 31.4 Å². The maximum absolute atomic E-state index is 14.1. The average molecular weight is 755 g/mol. The highest BCUT2D eigenvalue weighted by Gasteiger charge is 2.44. The average Bonchev–Trinajstić information content (AvgIpc) is 3.59. The molecule has 0 spiro atoms. The molecule has 1 aromatic rings. The van der Waals surface area contributed by atoms with Crippen molar-refractivity contribution in [2.45, 2.75) is 123 Å². The molecule has 1 heterocycles. The van der Waals surface area contributed by atoms with Crippen LogP contribution in [0.25, 0.3) is 0 Å². The number of carboxylic acid groups (broad SMARTS) is 1. The van der Waals surface area contributed by atoms with E-state index in [9.17, 15) is 33.7 Å². The zero-order chi connectivity index (χ0) is 39.2. The SMILES string of the molecule is CCCCOP(=O)(O)[C@H](Cc1ccccc1)NC(=O)[C@H](C)[C@@H](OC)[C@@H]1CCCN1C(=O)C[C@@H](OC)[C@H]([C@@H](C)CC)N(C)C(=O)[C@@H](NC(=O)O)C(C)C. The fourth-order valence-corrected chi connectivity index (χ4v) is 8.29. The molecule has 0 bridgehead atoms. The lowest BCUT2D eigenvalue weighted by molar-refractivity contribution is -0.147. The van der Waals surface area contributed by atoms with E-state index < -0.39 is 67.5 Å². The standard InChI is InChI=1S/C37H63N4O10P/c1-10-12-21-51-52(47,48)30(22-27-17-14-13-15-18-27)38-35(43)26(6)34(50-9)28-19-16-20-41(28)31(42)23-29(49-8)33(25(5)11-2)40(7)36(44)32(24(3)4)39-37(45)46/h13-15,17-18,24-26,28-30,32-34,39H,10-12,16,19-23H2,1-9H3,(H,38,43)(H,45,46)(H,47,48)/t25-,26+,28-,29+,30+,32-,33-,34+/m0/s1. The Hall–Kier alpha value is -3.03. The Morgan fingerprint density at radius 3 is 2.23 bits per heavy atom. The molecule has 1 aromatic carbocycles. The lowest BCUT2D eigenvalue weighted by Crippen LogP contribution is -2.57. The van der Waals surface area contributed by atoms with Crippen LogP contribution < -0.4 is 10.6 Å². The summed E-state index contributed by atoms with van der Waals surface area (Å²) in [5.41, 5.74) is 0.762. The second-order valence-corrected chi connectivity index (χ2v) is 16.2. The molecule has 1 aliphatic rings. The third kappa shape index (κ3) is 12.5. The number of amides is 4. The van der Waals surface area contributed by atoms with Gasteiger partial charge in [-0.25, -0.2) is 4.79 Å². The van der Waals surface area contributed by atoms with E-state index in [2.05, 4.69) is 10.6 Å². The Morgan fingerprint density at radius 1 is 1.04 bits per heavy atom. The number of nitrogens with zero attached hydrogens (tertiary/aromatic N) is 2. The summed E-state index contributed by atoms with van der Waals surface area (Å²) in [5, 5.41) is 14.5. The summed E-state index contributed by atoms with van der Waals surface area (Å²) in [6.45, 7) is 11.6. The van der Waals surface area contributed by atoms with Gasteiger partial charge in [0.25, 0.3) is 0 Å². The number of unbranched alkanes of at least 4 members (excludes halogenated alkanes) is 1. The van der Waals surface area contributed by atoms with Crippen molar-refractivity contribution in [3.63, 3.8) is 0 Å². The van der Waals surface area contributed by atoms with Gasteiger partial charge in [-0.2, -0.15) is 0 Å². The first kappa shape index (κ1) is 45.1. The van der Waals surface area contributed by atoms with Crippen LogP contribution in [-0.4, -0.2) is 114 Å². The summed E-state index contributed by atoms with van der Waals surface area (Å²) in [5.74, 6) is -3.54. The largest absolute Gasteiger partial charge is 0.465 e. The number of hydrogen-bond acceptors (Lipinski definition) is 8. The lowest BCUT2D eigenvalue weighted by Gasteiger charge is -2.40. The summed E-state index contributed by atoms with van der Waals surface area (Å²) in [7, 11) is 0.313. The Labute approximate surface area is 309 Å². The van der Waals surface area contributed by atoms with Crippen molar-refractivity contribution in [1.29, 1.82) is 0 Å². The first-order chi connectivity index (χ1) is 24.5. The molecule has 0 saturated carbocycles. The van der Waals surface area contributed by atoms with Crippen LogP contribution in [0.15, 0.2) is 30.3 Å². The van der Waals surface area contributed by atoms with E-state index in [0.29, 0.717) is 32.2 Å². The van der Waals surface area contributed by atoms with Crippen LogP contribution >= 0.6 is 7.60 Å². The normalized spacial score (nSPS) is 19.8. The van der Waals surface area contributed by atoms with Crippen molar-refractivity contribution in [2.75, 3.05) is 34.4 Å². The van der Waals surface area contributed by atoms with Gasteiger partial charge in [-0.1, -0.05) is 84.7 Å². The molecular weight excluding hydrogens is 691 g/mol. The second kappa shape index (κ2) is 21.6. The van der Waals surface area contributed by atoms with E-state index in [1.807, 2.05) is 51.1 Å². The maximum Gasteiger partial charge on any atom is 0.405 e. The lowest BCUT2D eigenvalue weighted by atomic mass is 9.89. The Kier molecular flexibility index (Phi) is 18.8. The van der Waals surface area contributed by atoms with E-state index in [1.54, 1.807) is 32.7 Å². The molecule has 0 aliphatic carbocycles. The molecule has 1 aliphatic heterocycles. The van der Waals surface area contributed by atoms with Gasteiger partial charge in [0.1, 0.15) is 11.8 Å². The Balaban J connectivity index is 2.29. The third-order valence-corrected chi connectivity index (χ3v) is 11.9. The summed E-state index contributed by atoms with van der Waals surface area (Å²) in [4.78, 5) is 67.2. The molecule has 52 heavy (non-hydrogen) atoms. The predicted octanol–water partition coefficient (Wildman–Crippen LogP) is 4.89. The van der Waals surface area contributed by atoms with E-state index in [0.717, 1.165) is 12.0 Å². The van der Waals surface area contributed by atoms with Gasteiger partial charge in [0, 0.05) is 34.2 Å². The van der Waals surface area contributed by atoms with Gasteiger partial charge in [0.2, 0.25) is 17.7 Å². The predicted molar refractivity (Wildman–Crippen MR) is 199 cm³/mol. The number of carbonyl (C=O) groups is 4. The number of rotatable bonds is 22. The van der Waals surface area contributed by atoms with Crippen molar-refractivity contribution < 1.29 is 47.7 Å². The summed E-state index contributed by atoms with van der Waals surface area (Å²) < 4.78 is 30.6. The summed E-state index contributed by atoms with van der Waals surface area (Å²) in [6.07, 6.45) is 0.602. The Morgan fingerprint density at radius 2 is 1.69 bits per heavy atom. The van der Waals surface area contributed by atoms with Gasteiger partial charge in [-0.3, -0.25) is 18.9 Å².